The van der Waals surface area contributed by atoms with Crippen molar-refractivity contribution < 1.29 is 31.8 Å². The summed E-state index contributed by atoms with van der Waals surface area (Å²) < 4.78 is 60.2. The van der Waals surface area contributed by atoms with Gasteiger partial charge in [-0.2, -0.15) is 22.8 Å². The Morgan fingerprint density at radius 3 is 2.65 bits per heavy atom. The minimum absolute atomic E-state index is 0.0404. The van der Waals surface area contributed by atoms with Crippen molar-refractivity contribution in [1.82, 2.24) is 5.32 Å². The molecule has 0 aliphatic rings. The number of nitrogens with one attached hydrogen (secondary N) is 1. The molecule has 0 heterocycles. The van der Waals surface area contributed by atoms with E-state index in [0.29, 0.717) is 5.56 Å². The van der Waals surface area contributed by atoms with Crippen molar-refractivity contribution in [1.29, 1.82) is 5.26 Å². The molecule has 1 amide bonds. The van der Waals surface area contributed by atoms with Crippen molar-refractivity contribution in [2.75, 3.05) is 6.61 Å². The summed E-state index contributed by atoms with van der Waals surface area (Å²) in [6, 6.07) is 4.92. The van der Waals surface area contributed by atoms with Crippen LogP contribution in [-0.4, -0.2) is 31.1 Å². The van der Waals surface area contributed by atoms with Crippen LogP contribution in [0.4, 0.5) is 17.6 Å². The van der Waals surface area contributed by atoms with Crippen LogP contribution in [0.25, 0.3) is 0 Å². The zero-order chi connectivity index (χ0) is 19.7. The first-order chi connectivity index (χ1) is 12.2. The molecule has 1 aromatic rings. The third-order valence-corrected chi connectivity index (χ3v) is 3.03. The normalized spacial score (nSPS) is 12.0. The lowest BCUT2D eigenvalue weighted by Gasteiger charge is -2.19. The number of nitriles is 1. The van der Waals surface area contributed by atoms with E-state index in [4.69, 9.17) is 16.4 Å². The number of ether oxygens (including phenoxy) is 2. The first kappa shape index (κ1) is 21.1. The largest absolute Gasteiger partial charge is 0.477 e. The molecule has 26 heavy (non-hydrogen) atoms. The highest BCUT2D eigenvalue weighted by molar-refractivity contribution is 5.76. The van der Waals surface area contributed by atoms with Crippen LogP contribution < -0.4 is 14.8 Å². The smallest absolute Gasteiger partial charge is 0.461 e. The Balaban J connectivity index is 2.92. The second kappa shape index (κ2) is 9.52. The summed E-state index contributed by atoms with van der Waals surface area (Å²) in [7, 11) is 0. The number of benzene rings is 1. The summed E-state index contributed by atoms with van der Waals surface area (Å²) in [5.41, 5.74) is 0.373. The Kier molecular flexibility index (Phi) is 7.73. The highest BCUT2D eigenvalue weighted by Gasteiger charge is 2.44. The zero-order valence-corrected chi connectivity index (χ0v) is 13.8. The third-order valence-electron chi connectivity index (χ3n) is 3.03. The van der Waals surface area contributed by atoms with E-state index in [9.17, 15) is 22.4 Å². The molecule has 5 nitrogen and oxygen atoms in total. The van der Waals surface area contributed by atoms with Crippen LogP contribution in [0.15, 0.2) is 18.2 Å². The molecular formula is C17H16F4N2O3. The van der Waals surface area contributed by atoms with E-state index in [-0.39, 0.29) is 25.2 Å². The Morgan fingerprint density at radius 1 is 1.38 bits per heavy atom. The molecule has 0 aliphatic carbocycles. The number of amides is 1. The van der Waals surface area contributed by atoms with E-state index in [1.807, 2.05) is 6.07 Å². The van der Waals surface area contributed by atoms with Crippen LogP contribution in [0.3, 0.4) is 0 Å². The van der Waals surface area contributed by atoms with Crippen LogP contribution in [-0.2, 0) is 11.2 Å². The van der Waals surface area contributed by atoms with Crippen molar-refractivity contribution in [3.05, 3.63) is 23.8 Å². The summed E-state index contributed by atoms with van der Waals surface area (Å²) in [4.78, 5) is 11.6. The van der Waals surface area contributed by atoms with Gasteiger partial charge in [-0.1, -0.05) is 12.0 Å². The minimum Gasteiger partial charge on any atom is -0.477 e. The second-order valence-electron chi connectivity index (χ2n) is 5.16. The Bertz CT molecular complexity index is 711. The first-order valence-electron chi connectivity index (χ1n) is 7.42. The van der Waals surface area contributed by atoms with Crippen LogP contribution >= 0.6 is 0 Å². The van der Waals surface area contributed by atoms with Gasteiger partial charge in [-0.3, -0.25) is 4.79 Å². The van der Waals surface area contributed by atoms with Crippen molar-refractivity contribution >= 4 is 5.91 Å². The molecular weight excluding hydrogens is 356 g/mol. The lowest BCUT2D eigenvalue weighted by Crippen LogP contribution is -2.33. The van der Waals surface area contributed by atoms with Gasteiger partial charge in [0.1, 0.15) is 12.6 Å². The van der Waals surface area contributed by atoms with E-state index in [1.54, 1.807) is 0 Å². The number of aryl methyl sites for hydroxylation is 1. The molecule has 0 aliphatic heterocycles. The maximum absolute atomic E-state index is 13.2. The fourth-order valence-electron chi connectivity index (χ4n) is 1.82. The number of carbonyl (C=O) groups excluding carboxylic acids is 1. The zero-order valence-electron chi connectivity index (χ0n) is 13.8. The topological polar surface area (TPSA) is 71.3 Å². The number of rotatable bonds is 9. The van der Waals surface area contributed by atoms with Gasteiger partial charge in [-0.15, -0.1) is 6.42 Å². The van der Waals surface area contributed by atoms with Gasteiger partial charge in [0.25, 0.3) is 0 Å². The molecule has 0 fully saturated rings. The minimum atomic E-state index is -4.72. The second-order valence-corrected chi connectivity index (χ2v) is 5.16. The van der Waals surface area contributed by atoms with Crippen molar-refractivity contribution in [2.45, 2.75) is 38.3 Å². The van der Waals surface area contributed by atoms with E-state index >= 15 is 0 Å². The van der Waals surface area contributed by atoms with Crippen LogP contribution in [0.5, 0.6) is 11.5 Å². The molecule has 1 rings (SSSR count). The first-order valence-corrected chi connectivity index (χ1v) is 7.42. The highest BCUT2D eigenvalue weighted by atomic mass is 19.3. The molecule has 1 atom stereocenters. The summed E-state index contributed by atoms with van der Waals surface area (Å²) in [6.45, 7) is 1.22. The van der Waals surface area contributed by atoms with E-state index < -0.39 is 30.2 Å². The summed E-state index contributed by atoms with van der Waals surface area (Å²) in [5, 5.41) is 11.0. The van der Waals surface area contributed by atoms with Crippen molar-refractivity contribution in [2.24, 2.45) is 0 Å². The summed E-state index contributed by atoms with van der Waals surface area (Å²) in [5.74, 6) is 0.847. The van der Waals surface area contributed by atoms with Gasteiger partial charge in [-0.25, -0.2) is 0 Å². The summed E-state index contributed by atoms with van der Waals surface area (Å²) in [6.07, 6.45) is -3.67. The maximum atomic E-state index is 13.2. The van der Waals surface area contributed by atoms with Gasteiger partial charge >= 0.3 is 12.5 Å². The van der Waals surface area contributed by atoms with Gasteiger partial charge in [0.15, 0.2) is 11.5 Å². The molecule has 1 unspecified atom stereocenters. The van der Waals surface area contributed by atoms with Crippen molar-refractivity contribution in [3.63, 3.8) is 0 Å². The molecule has 0 aromatic heterocycles. The van der Waals surface area contributed by atoms with Crippen molar-refractivity contribution in [3.8, 4) is 29.9 Å². The maximum Gasteiger partial charge on any atom is 0.461 e. The Hall–Kier alpha value is -2.94. The molecule has 0 saturated carbocycles. The third kappa shape index (κ3) is 6.52. The molecule has 140 valence electrons. The SMILES string of the molecule is C#CCOc1ccc(CCC(=O)NC(C)C#N)cc1OC(F)(F)C(F)F. The van der Waals surface area contributed by atoms with Crippen LogP contribution in [0, 0.1) is 23.7 Å². The summed E-state index contributed by atoms with van der Waals surface area (Å²) >= 11 is 0. The Labute approximate surface area is 147 Å². The highest BCUT2D eigenvalue weighted by Crippen LogP contribution is 2.35. The number of terminal acetylenes is 1. The van der Waals surface area contributed by atoms with Gasteiger partial charge in [-0.05, 0) is 31.0 Å². The number of hydrogen-bond acceptors (Lipinski definition) is 4. The molecule has 0 radical (unpaired) electrons. The quantitative estimate of drug-likeness (QED) is 0.535. The molecule has 0 saturated heterocycles. The number of hydrogen-bond donors (Lipinski definition) is 1. The van der Waals surface area contributed by atoms with Crippen LogP contribution in [0.2, 0.25) is 0 Å². The van der Waals surface area contributed by atoms with E-state index in [0.717, 1.165) is 6.07 Å². The fraction of sp³-hybridized carbons (Fsp3) is 0.412. The fourth-order valence-corrected chi connectivity index (χ4v) is 1.82. The molecule has 0 bridgehead atoms. The monoisotopic (exact) mass is 372 g/mol. The molecule has 1 N–H and O–H groups in total. The standard InChI is InChI=1S/C17H16F4N2O3/c1-3-8-25-13-6-4-12(5-7-15(24)23-11(2)10-22)9-14(13)26-17(20,21)16(18)19/h1,4,6,9,11,16H,5,7-8H2,2H3,(H,23,24). The lowest BCUT2D eigenvalue weighted by atomic mass is 10.1. The molecule has 1 aromatic carbocycles. The average Bonchev–Trinajstić information content (AvgIpc) is 2.58. The average molecular weight is 372 g/mol. The van der Waals surface area contributed by atoms with Crippen LogP contribution in [0.1, 0.15) is 18.9 Å². The van der Waals surface area contributed by atoms with E-state index in [1.165, 1.54) is 19.1 Å². The van der Waals surface area contributed by atoms with Gasteiger partial charge in [0, 0.05) is 6.42 Å². The molecule has 0 spiro atoms. The molecule has 9 heteroatoms. The Morgan fingerprint density at radius 2 is 2.08 bits per heavy atom. The van der Waals surface area contributed by atoms with Gasteiger partial charge < -0.3 is 14.8 Å². The lowest BCUT2D eigenvalue weighted by molar-refractivity contribution is -0.253. The van der Waals surface area contributed by atoms with Gasteiger partial charge in [0.05, 0.1) is 6.07 Å². The number of halogens is 4. The number of carbonyl (C=O) groups is 1. The van der Waals surface area contributed by atoms with Gasteiger partial charge in [0.2, 0.25) is 5.91 Å². The van der Waals surface area contributed by atoms with E-state index in [2.05, 4.69) is 16.0 Å². The predicted octanol–water partition coefficient (Wildman–Crippen LogP) is 2.90. The number of alkyl halides is 4. The predicted molar refractivity (Wildman–Crippen MR) is 83.9 cm³/mol. The number of nitrogens with zero attached hydrogens (tertiary/aromatic N) is 1.